The summed E-state index contributed by atoms with van der Waals surface area (Å²) in [5, 5.41) is 0.352. The highest BCUT2D eigenvalue weighted by Gasteiger charge is 2.25. The summed E-state index contributed by atoms with van der Waals surface area (Å²) >= 11 is 1.69. The number of halogens is 2. The van der Waals surface area contributed by atoms with Crippen molar-refractivity contribution >= 4 is 29.3 Å². The smallest absolute Gasteiger partial charge is 0.341 e. The van der Waals surface area contributed by atoms with E-state index in [1.165, 1.54) is 0 Å². The molecule has 0 saturated heterocycles. The summed E-state index contributed by atoms with van der Waals surface area (Å²) in [6, 6.07) is 10.1. The topological polar surface area (TPSA) is 46.6 Å². The van der Waals surface area contributed by atoms with Gasteiger partial charge in [0.1, 0.15) is 11.6 Å². The number of fused-ring (bicyclic) bond motifs is 1. The van der Waals surface area contributed by atoms with Gasteiger partial charge < -0.3 is 9.64 Å². The van der Waals surface area contributed by atoms with Crippen molar-refractivity contribution in [3.8, 4) is 0 Å². The minimum absolute atomic E-state index is 0.352. The number of hydrogen-bond acceptors (Lipinski definition) is 4. The van der Waals surface area contributed by atoms with Crippen LogP contribution >= 0.6 is 11.8 Å². The van der Waals surface area contributed by atoms with Crippen LogP contribution in [-0.2, 0) is 9.53 Å². The SMILES string of the molecule is C[C@H]1CCN(C(=O)COC(=O)c2ccc(F)cc2F)c2ccccc2S1. The van der Waals surface area contributed by atoms with Crippen molar-refractivity contribution in [3.63, 3.8) is 0 Å². The number of esters is 1. The lowest BCUT2D eigenvalue weighted by atomic mass is 10.2. The van der Waals surface area contributed by atoms with Crippen molar-refractivity contribution in [1.29, 1.82) is 0 Å². The van der Waals surface area contributed by atoms with Gasteiger partial charge in [-0.2, -0.15) is 0 Å². The fourth-order valence-electron chi connectivity index (χ4n) is 2.68. The van der Waals surface area contributed by atoms with Crippen molar-refractivity contribution in [3.05, 3.63) is 59.7 Å². The maximum atomic E-state index is 13.6. The Hall–Kier alpha value is -2.41. The van der Waals surface area contributed by atoms with Crippen LogP contribution in [0.15, 0.2) is 47.4 Å². The molecule has 1 aliphatic heterocycles. The molecule has 3 rings (SSSR count). The molecule has 0 fully saturated rings. The van der Waals surface area contributed by atoms with E-state index in [4.69, 9.17) is 4.74 Å². The highest BCUT2D eigenvalue weighted by molar-refractivity contribution is 8.00. The molecule has 26 heavy (non-hydrogen) atoms. The lowest BCUT2D eigenvalue weighted by molar-refractivity contribution is -0.121. The molecule has 1 aliphatic rings. The quantitative estimate of drug-likeness (QED) is 0.758. The molecule has 0 spiro atoms. The molecule has 0 aromatic heterocycles. The first kappa shape index (κ1) is 18.4. The van der Waals surface area contributed by atoms with E-state index in [1.807, 2.05) is 24.3 Å². The average molecular weight is 377 g/mol. The van der Waals surface area contributed by atoms with Gasteiger partial charge in [0, 0.05) is 22.8 Å². The zero-order valence-electron chi connectivity index (χ0n) is 14.1. The highest BCUT2D eigenvalue weighted by Crippen LogP contribution is 2.37. The summed E-state index contributed by atoms with van der Waals surface area (Å²) in [5.41, 5.74) is 0.371. The van der Waals surface area contributed by atoms with E-state index >= 15 is 0 Å². The zero-order valence-corrected chi connectivity index (χ0v) is 14.9. The molecule has 0 aliphatic carbocycles. The lowest BCUT2D eigenvalue weighted by Gasteiger charge is -2.22. The average Bonchev–Trinajstić information content (AvgIpc) is 2.77. The maximum Gasteiger partial charge on any atom is 0.341 e. The fourth-order valence-corrected chi connectivity index (χ4v) is 3.80. The first-order valence-electron chi connectivity index (χ1n) is 8.14. The van der Waals surface area contributed by atoms with Crippen molar-refractivity contribution < 1.29 is 23.1 Å². The number of rotatable bonds is 3. The number of carbonyl (C=O) groups excluding carboxylic acids is 2. The molecule has 136 valence electrons. The van der Waals surface area contributed by atoms with Gasteiger partial charge in [-0.25, -0.2) is 13.6 Å². The van der Waals surface area contributed by atoms with E-state index in [-0.39, 0.29) is 5.91 Å². The molecule has 2 aromatic rings. The van der Waals surface area contributed by atoms with Crippen LogP contribution in [0.25, 0.3) is 0 Å². The number of amides is 1. The number of anilines is 1. The third kappa shape index (κ3) is 4.04. The minimum atomic E-state index is -1.02. The van der Waals surface area contributed by atoms with E-state index < -0.39 is 29.8 Å². The summed E-state index contributed by atoms with van der Waals surface area (Å²) < 4.78 is 31.5. The molecule has 0 radical (unpaired) electrons. The number of benzene rings is 2. The summed E-state index contributed by atoms with van der Waals surface area (Å²) in [5.74, 6) is -3.19. The Labute approximate surface area is 154 Å². The van der Waals surface area contributed by atoms with Gasteiger partial charge >= 0.3 is 5.97 Å². The second-order valence-electron chi connectivity index (χ2n) is 5.93. The van der Waals surface area contributed by atoms with Gasteiger partial charge in [-0.1, -0.05) is 19.1 Å². The van der Waals surface area contributed by atoms with Gasteiger partial charge in [-0.3, -0.25) is 4.79 Å². The molecular formula is C19H17F2NO3S. The number of thioether (sulfide) groups is 1. The molecule has 0 N–H and O–H groups in total. The highest BCUT2D eigenvalue weighted by atomic mass is 32.2. The van der Waals surface area contributed by atoms with Crippen LogP contribution in [0.3, 0.4) is 0 Å². The van der Waals surface area contributed by atoms with E-state index in [9.17, 15) is 18.4 Å². The third-order valence-corrected chi connectivity index (χ3v) is 5.26. The van der Waals surface area contributed by atoms with Crippen LogP contribution in [0.1, 0.15) is 23.7 Å². The van der Waals surface area contributed by atoms with Crippen LogP contribution in [0.5, 0.6) is 0 Å². The van der Waals surface area contributed by atoms with Crippen molar-refractivity contribution in [2.24, 2.45) is 0 Å². The summed E-state index contributed by atoms with van der Waals surface area (Å²) in [7, 11) is 0. The summed E-state index contributed by atoms with van der Waals surface area (Å²) in [6.45, 7) is 2.09. The van der Waals surface area contributed by atoms with Gasteiger partial charge in [0.25, 0.3) is 5.91 Å². The standard InChI is InChI=1S/C19H17F2NO3S/c1-12-8-9-22(16-4-2-3-5-17(16)26-12)18(23)11-25-19(24)14-7-6-13(20)10-15(14)21/h2-7,10,12H,8-9,11H2,1H3/t12-/m0/s1. The number of nitrogens with zero attached hydrogens (tertiary/aromatic N) is 1. The van der Waals surface area contributed by atoms with Crippen LogP contribution in [0.4, 0.5) is 14.5 Å². The van der Waals surface area contributed by atoms with Crippen molar-refractivity contribution in [1.82, 2.24) is 0 Å². The summed E-state index contributed by atoms with van der Waals surface area (Å²) in [6.07, 6.45) is 0.797. The molecule has 4 nitrogen and oxygen atoms in total. The van der Waals surface area contributed by atoms with Gasteiger partial charge in [0.2, 0.25) is 0 Å². The molecule has 1 heterocycles. The normalized spacial score (nSPS) is 16.6. The number of para-hydroxylation sites is 1. The molecule has 1 atom stereocenters. The Balaban J connectivity index is 1.71. The lowest BCUT2D eigenvalue weighted by Crippen LogP contribution is -2.35. The van der Waals surface area contributed by atoms with Crippen molar-refractivity contribution in [2.75, 3.05) is 18.1 Å². The van der Waals surface area contributed by atoms with Gasteiger partial charge in [-0.15, -0.1) is 11.8 Å². The Morgan fingerprint density at radius 2 is 2.00 bits per heavy atom. The van der Waals surface area contributed by atoms with Crippen LogP contribution < -0.4 is 4.90 Å². The van der Waals surface area contributed by atoms with E-state index in [0.29, 0.717) is 17.9 Å². The minimum Gasteiger partial charge on any atom is -0.452 e. The van der Waals surface area contributed by atoms with Gasteiger partial charge in [-0.05, 0) is 30.7 Å². The van der Waals surface area contributed by atoms with E-state index in [1.54, 1.807) is 16.7 Å². The molecular weight excluding hydrogens is 360 g/mol. The van der Waals surface area contributed by atoms with Gasteiger partial charge in [0.05, 0.1) is 11.3 Å². The molecule has 0 unspecified atom stereocenters. The Kier molecular flexibility index (Phi) is 5.56. The first-order valence-corrected chi connectivity index (χ1v) is 9.02. The summed E-state index contributed by atoms with van der Waals surface area (Å²) in [4.78, 5) is 27.1. The maximum absolute atomic E-state index is 13.6. The number of hydrogen-bond donors (Lipinski definition) is 0. The van der Waals surface area contributed by atoms with Crippen LogP contribution in [-0.4, -0.2) is 30.3 Å². The van der Waals surface area contributed by atoms with E-state index in [2.05, 4.69) is 6.92 Å². The Morgan fingerprint density at radius 1 is 1.23 bits per heavy atom. The first-order chi connectivity index (χ1) is 12.5. The van der Waals surface area contributed by atoms with E-state index in [0.717, 1.165) is 29.1 Å². The zero-order chi connectivity index (χ0) is 18.7. The number of carbonyl (C=O) groups is 2. The Morgan fingerprint density at radius 3 is 2.77 bits per heavy atom. The second kappa shape index (κ2) is 7.86. The molecule has 0 bridgehead atoms. The number of ether oxygens (including phenoxy) is 1. The third-order valence-electron chi connectivity index (χ3n) is 4.02. The molecule has 7 heteroatoms. The second-order valence-corrected chi connectivity index (χ2v) is 7.41. The molecule has 0 saturated carbocycles. The molecule has 2 aromatic carbocycles. The van der Waals surface area contributed by atoms with Crippen LogP contribution in [0, 0.1) is 11.6 Å². The monoisotopic (exact) mass is 377 g/mol. The van der Waals surface area contributed by atoms with Crippen LogP contribution in [0.2, 0.25) is 0 Å². The predicted octanol–water partition coefficient (Wildman–Crippen LogP) is 4.04. The predicted molar refractivity (Wildman–Crippen MR) is 95.4 cm³/mol. The van der Waals surface area contributed by atoms with Gasteiger partial charge in [0.15, 0.2) is 6.61 Å². The Bertz CT molecular complexity index is 843. The fraction of sp³-hybridized carbons (Fsp3) is 0.263. The molecule has 1 amide bonds. The van der Waals surface area contributed by atoms with Crippen molar-refractivity contribution in [2.45, 2.75) is 23.5 Å². The largest absolute Gasteiger partial charge is 0.452 e.